The van der Waals surface area contributed by atoms with E-state index in [1.165, 1.54) is 84.0 Å². The van der Waals surface area contributed by atoms with E-state index >= 15 is 0 Å². The molecule has 2 unspecified atom stereocenters. The van der Waals surface area contributed by atoms with Gasteiger partial charge in [-0.05, 0) is 103 Å². The fourth-order valence-corrected chi connectivity index (χ4v) is 8.81. The monoisotopic (exact) mass is 522 g/mol. The first-order chi connectivity index (χ1) is 18.2. The van der Waals surface area contributed by atoms with Crippen molar-refractivity contribution in [2.24, 2.45) is 11.3 Å². The average molecular weight is 523 g/mol. The molecule has 2 saturated heterocycles. The number of likely N-dealkylation sites (tertiary alicyclic amines) is 2. The van der Waals surface area contributed by atoms with Gasteiger partial charge in [-0.3, -0.25) is 4.90 Å². The number of phenols is 1. The molecule has 1 aliphatic carbocycles. The van der Waals surface area contributed by atoms with Gasteiger partial charge in [0.1, 0.15) is 17.1 Å². The van der Waals surface area contributed by atoms with E-state index in [2.05, 4.69) is 56.6 Å². The number of aromatic hydroxyl groups is 1. The first-order valence-corrected chi connectivity index (χ1v) is 15.8. The van der Waals surface area contributed by atoms with E-state index in [1.807, 2.05) is 12.1 Å². The fraction of sp³-hybridized carbons (Fsp3) is 0.765. The highest BCUT2D eigenvalue weighted by molar-refractivity contribution is 5.55. The van der Waals surface area contributed by atoms with Crippen molar-refractivity contribution in [3.05, 3.63) is 35.4 Å². The molecule has 4 heteroatoms. The van der Waals surface area contributed by atoms with Crippen LogP contribution in [0.4, 0.5) is 0 Å². The minimum Gasteiger partial charge on any atom is -0.508 e. The predicted octanol–water partition coefficient (Wildman–Crippen LogP) is 7.69. The molecule has 5 rings (SSSR count). The summed E-state index contributed by atoms with van der Waals surface area (Å²) in [5, 5.41) is 11.4. The molecule has 1 aromatic carbocycles. The normalized spacial score (nSPS) is 28.4. The zero-order chi connectivity index (χ0) is 27.0. The van der Waals surface area contributed by atoms with Crippen molar-refractivity contribution in [1.29, 1.82) is 0 Å². The minimum absolute atomic E-state index is 0.0439. The number of unbranched alkanes of at least 4 members (excludes halogenated alkanes) is 3. The van der Waals surface area contributed by atoms with Gasteiger partial charge in [0.2, 0.25) is 0 Å². The summed E-state index contributed by atoms with van der Waals surface area (Å²) >= 11 is 0. The zero-order valence-corrected chi connectivity index (χ0v) is 25.0. The van der Waals surface area contributed by atoms with E-state index in [4.69, 9.17) is 4.74 Å². The van der Waals surface area contributed by atoms with Crippen LogP contribution in [0.3, 0.4) is 0 Å². The van der Waals surface area contributed by atoms with Crippen LogP contribution in [0.5, 0.6) is 11.5 Å². The Bertz CT molecular complexity index is 984. The van der Waals surface area contributed by atoms with Crippen molar-refractivity contribution in [1.82, 2.24) is 9.80 Å². The summed E-state index contributed by atoms with van der Waals surface area (Å²) in [5.74, 6) is 1.67. The maximum absolute atomic E-state index is 11.4. The van der Waals surface area contributed by atoms with Gasteiger partial charge in [-0.15, -0.1) is 0 Å². The lowest BCUT2D eigenvalue weighted by Gasteiger charge is -2.61. The van der Waals surface area contributed by atoms with Gasteiger partial charge in [0.25, 0.3) is 0 Å². The summed E-state index contributed by atoms with van der Waals surface area (Å²) in [5.41, 5.74) is 2.29. The van der Waals surface area contributed by atoms with Crippen LogP contribution in [-0.4, -0.2) is 59.3 Å². The molecule has 3 aliphatic heterocycles. The number of piperidine rings is 1. The largest absolute Gasteiger partial charge is 0.508 e. The lowest BCUT2D eigenvalue weighted by atomic mass is 9.46. The number of hydrogen-bond donors (Lipinski definition) is 1. The van der Waals surface area contributed by atoms with E-state index in [0.29, 0.717) is 11.7 Å². The van der Waals surface area contributed by atoms with Gasteiger partial charge in [0.15, 0.2) is 0 Å². The van der Waals surface area contributed by atoms with E-state index in [0.717, 1.165) is 36.7 Å². The molecular formula is C34H54N2O2. The Morgan fingerprint density at radius 1 is 1.03 bits per heavy atom. The molecule has 1 N–H and O–H groups in total. The molecular weight excluding hydrogens is 468 g/mol. The van der Waals surface area contributed by atoms with Gasteiger partial charge in [-0.25, -0.2) is 0 Å². The number of ether oxygens (including phenoxy) is 1. The van der Waals surface area contributed by atoms with Crippen LogP contribution in [0, 0.1) is 11.3 Å². The van der Waals surface area contributed by atoms with Crippen molar-refractivity contribution < 1.29 is 9.84 Å². The Balaban J connectivity index is 1.42. The van der Waals surface area contributed by atoms with E-state index in [-0.39, 0.29) is 16.4 Å². The lowest BCUT2D eigenvalue weighted by Crippen LogP contribution is -2.61. The summed E-state index contributed by atoms with van der Waals surface area (Å²) in [4.78, 5) is 5.47. The first kappa shape index (κ1) is 28.0. The number of hydrogen-bond acceptors (Lipinski definition) is 4. The number of benzene rings is 1. The number of rotatable bonds is 9. The van der Waals surface area contributed by atoms with Crippen LogP contribution in [-0.2, 0) is 5.41 Å². The van der Waals surface area contributed by atoms with Gasteiger partial charge >= 0.3 is 0 Å². The Kier molecular flexibility index (Phi) is 8.23. The molecule has 212 valence electrons. The topological polar surface area (TPSA) is 35.9 Å². The van der Waals surface area contributed by atoms with Crippen LogP contribution >= 0.6 is 0 Å². The van der Waals surface area contributed by atoms with Crippen LogP contribution in [0.1, 0.15) is 111 Å². The third-order valence-electron chi connectivity index (χ3n) is 10.9. The molecule has 3 heterocycles. The Morgan fingerprint density at radius 2 is 1.76 bits per heavy atom. The molecule has 0 spiro atoms. The molecule has 0 bridgehead atoms. The van der Waals surface area contributed by atoms with E-state index in [1.54, 1.807) is 5.57 Å². The highest BCUT2D eigenvalue weighted by atomic mass is 16.5. The van der Waals surface area contributed by atoms with Crippen molar-refractivity contribution >= 4 is 0 Å². The van der Waals surface area contributed by atoms with Gasteiger partial charge in [-0.1, -0.05) is 64.2 Å². The van der Waals surface area contributed by atoms with Crippen LogP contribution in [0.2, 0.25) is 0 Å². The number of allylic oxidation sites excluding steroid dienone is 1. The lowest BCUT2D eigenvalue weighted by molar-refractivity contribution is -0.0762. The molecule has 4 aliphatic rings. The molecule has 2 fully saturated rings. The third-order valence-corrected chi connectivity index (χ3v) is 10.9. The smallest absolute Gasteiger partial charge is 0.127 e. The first-order valence-electron chi connectivity index (χ1n) is 15.8. The van der Waals surface area contributed by atoms with Crippen molar-refractivity contribution in [3.8, 4) is 11.5 Å². The quantitative estimate of drug-likeness (QED) is 0.266. The summed E-state index contributed by atoms with van der Waals surface area (Å²) in [6.45, 7) is 18.0. The number of nitrogens with zero attached hydrogens (tertiary/aromatic N) is 2. The van der Waals surface area contributed by atoms with Gasteiger partial charge < -0.3 is 14.7 Å². The summed E-state index contributed by atoms with van der Waals surface area (Å²) in [6, 6.07) is 6.75. The number of fused-ring (bicyclic) bond motifs is 3. The van der Waals surface area contributed by atoms with Crippen molar-refractivity contribution in [3.63, 3.8) is 0 Å². The molecule has 4 nitrogen and oxygen atoms in total. The second-order valence-corrected chi connectivity index (χ2v) is 14.1. The van der Waals surface area contributed by atoms with Crippen LogP contribution in [0.15, 0.2) is 29.8 Å². The molecule has 0 amide bonds. The molecule has 0 aromatic heterocycles. The standard InChI is InChI=1S/C34H54N2O2/c1-6-7-8-9-19-32(2,3)34-24-26(25-35-22-17-27(18-23-35)36-20-10-11-21-36)15-16-30(34)33(4,5)38-29-14-12-13-28(37)31(29)34/h12-15,27,30,37H,6-11,16-25H2,1-5H3. The summed E-state index contributed by atoms with van der Waals surface area (Å²) < 4.78 is 6.67. The molecule has 2 atom stereocenters. The Labute approximate surface area is 232 Å². The molecule has 1 aromatic rings. The second-order valence-electron chi connectivity index (χ2n) is 14.1. The van der Waals surface area contributed by atoms with E-state index in [9.17, 15) is 5.11 Å². The predicted molar refractivity (Wildman–Crippen MR) is 158 cm³/mol. The zero-order valence-electron chi connectivity index (χ0n) is 25.0. The average Bonchev–Trinajstić information content (AvgIpc) is 3.42. The van der Waals surface area contributed by atoms with Crippen LogP contribution in [0.25, 0.3) is 0 Å². The van der Waals surface area contributed by atoms with Crippen LogP contribution < -0.4 is 4.74 Å². The minimum atomic E-state index is -0.280. The second kappa shape index (κ2) is 11.2. The highest BCUT2D eigenvalue weighted by Crippen LogP contribution is 2.65. The fourth-order valence-electron chi connectivity index (χ4n) is 8.81. The molecule has 38 heavy (non-hydrogen) atoms. The van der Waals surface area contributed by atoms with Gasteiger partial charge in [0, 0.05) is 29.5 Å². The van der Waals surface area contributed by atoms with Gasteiger partial charge in [-0.2, -0.15) is 0 Å². The molecule has 0 radical (unpaired) electrons. The summed E-state index contributed by atoms with van der Waals surface area (Å²) in [7, 11) is 0. The van der Waals surface area contributed by atoms with E-state index < -0.39 is 0 Å². The van der Waals surface area contributed by atoms with Crippen molar-refractivity contribution in [2.45, 2.75) is 122 Å². The Morgan fingerprint density at radius 3 is 2.47 bits per heavy atom. The Hall–Kier alpha value is -1.52. The van der Waals surface area contributed by atoms with Crippen molar-refractivity contribution in [2.75, 3.05) is 32.7 Å². The SMILES string of the molecule is CCCCCCC(C)(C)C12CC(CN3CCC(N4CCCC4)CC3)=CCC1C(C)(C)Oc1cccc(O)c12. The summed E-state index contributed by atoms with van der Waals surface area (Å²) in [6.07, 6.45) is 16.3. The van der Waals surface area contributed by atoms with Gasteiger partial charge in [0.05, 0.1) is 0 Å². The third kappa shape index (κ3) is 5.17. The maximum atomic E-state index is 11.4. The highest BCUT2D eigenvalue weighted by Gasteiger charge is 2.61. The number of phenolic OH excluding ortho intramolecular Hbond substituents is 1. The maximum Gasteiger partial charge on any atom is 0.127 e. The molecule has 0 saturated carbocycles.